The Labute approximate surface area is 117 Å². The summed E-state index contributed by atoms with van der Waals surface area (Å²) in [7, 11) is 1.46. The smallest absolute Gasteiger partial charge is 0.322 e. The Balaban J connectivity index is 2.17. The summed E-state index contributed by atoms with van der Waals surface area (Å²) in [4.78, 5) is 14.2. The highest BCUT2D eigenvalue weighted by Crippen LogP contribution is 2.11. The summed E-state index contributed by atoms with van der Waals surface area (Å²) in [6.07, 6.45) is 7.21. The van der Waals surface area contributed by atoms with Gasteiger partial charge in [-0.15, -0.1) is 0 Å². The Morgan fingerprint density at radius 1 is 1.21 bits per heavy atom. The van der Waals surface area contributed by atoms with Gasteiger partial charge in [0.25, 0.3) is 0 Å². The quantitative estimate of drug-likeness (QED) is 0.542. The number of carbonyl (C=O) groups is 1. The van der Waals surface area contributed by atoms with Crippen molar-refractivity contribution in [1.29, 1.82) is 0 Å². The number of ether oxygens (including phenoxy) is 1. The van der Waals surface area contributed by atoms with E-state index in [1.165, 1.54) is 52.4 Å². The zero-order valence-corrected chi connectivity index (χ0v) is 12.8. The molecule has 112 valence electrons. The number of likely N-dealkylation sites (tertiary alicyclic amines) is 1. The number of hydrogen-bond donors (Lipinski definition) is 1. The molecule has 0 aliphatic carbocycles. The summed E-state index contributed by atoms with van der Waals surface area (Å²) >= 11 is 0. The van der Waals surface area contributed by atoms with Gasteiger partial charge in [0.1, 0.15) is 6.04 Å². The van der Waals surface area contributed by atoms with Gasteiger partial charge < -0.3 is 15.0 Å². The highest BCUT2D eigenvalue weighted by molar-refractivity contribution is 5.75. The fourth-order valence-corrected chi connectivity index (χ4v) is 2.68. The molecular weight excluding hydrogens is 240 g/mol. The van der Waals surface area contributed by atoms with Crippen LogP contribution in [-0.4, -0.2) is 49.7 Å². The van der Waals surface area contributed by atoms with Crippen LogP contribution in [0.25, 0.3) is 0 Å². The van der Waals surface area contributed by atoms with Gasteiger partial charge in [-0.05, 0) is 45.3 Å². The Hall–Kier alpha value is -0.610. The lowest BCUT2D eigenvalue weighted by atomic mass is 10.1. The van der Waals surface area contributed by atoms with E-state index in [9.17, 15) is 4.79 Å². The first-order chi connectivity index (χ1) is 9.13. The summed E-state index contributed by atoms with van der Waals surface area (Å²) in [5, 5.41) is 3.28. The van der Waals surface area contributed by atoms with Crippen molar-refractivity contribution >= 4 is 5.97 Å². The highest BCUT2D eigenvalue weighted by Gasteiger charge is 2.19. The molecular formula is C15H30N2O2. The number of hydrogen-bond acceptors (Lipinski definition) is 4. The van der Waals surface area contributed by atoms with E-state index in [-0.39, 0.29) is 12.0 Å². The van der Waals surface area contributed by atoms with Gasteiger partial charge in [0, 0.05) is 6.04 Å². The summed E-state index contributed by atoms with van der Waals surface area (Å²) in [6.45, 7) is 7.80. The van der Waals surface area contributed by atoms with Crippen molar-refractivity contribution in [2.24, 2.45) is 0 Å². The van der Waals surface area contributed by atoms with E-state index < -0.39 is 0 Å². The van der Waals surface area contributed by atoms with Crippen molar-refractivity contribution in [2.45, 2.75) is 64.5 Å². The molecule has 1 fully saturated rings. The Morgan fingerprint density at radius 3 is 2.47 bits per heavy atom. The van der Waals surface area contributed by atoms with Crippen molar-refractivity contribution in [3.8, 4) is 0 Å². The monoisotopic (exact) mass is 270 g/mol. The van der Waals surface area contributed by atoms with Crippen LogP contribution in [-0.2, 0) is 9.53 Å². The van der Waals surface area contributed by atoms with E-state index in [1.54, 1.807) is 0 Å². The molecule has 1 rings (SSSR count). The topological polar surface area (TPSA) is 41.6 Å². The van der Waals surface area contributed by atoms with Gasteiger partial charge >= 0.3 is 5.97 Å². The van der Waals surface area contributed by atoms with Gasteiger partial charge in [-0.25, -0.2) is 0 Å². The minimum atomic E-state index is -0.147. The Morgan fingerprint density at radius 2 is 1.89 bits per heavy atom. The van der Waals surface area contributed by atoms with Gasteiger partial charge in [-0.3, -0.25) is 4.79 Å². The van der Waals surface area contributed by atoms with Crippen LogP contribution in [0.3, 0.4) is 0 Å². The molecule has 1 atom stereocenters. The SMILES string of the molecule is COC(=O)C(CCCCN1CCCCC1)NC(C)C. The molecule has 0 aromatic heterocycles. The molecule has 0 amide bonds. The lowest BCUT2D eigenvalue weighted by Gasteiger charge is -2.26. The highest BCUT2D eigenvalue weighted by atomic mass is 16.5. The van der Waals surface area contributed by atoms with Crippen molar-refractivity contribution in [3.63, 3.8) is 0 Å². The zero-order valence-electron chi connectivity index (χ0n) is 12.8. The number of nitrogens with zero attached hydrogens (tertiary/aromatic N) is 1. The van der Waals surface area contributed by atoms with Crippen molar-refractivity contribution in [3.05, 3.63) is 0 Å². The minimum Gasteiger partial charge on any atom is -0.468 e. The molecule has 1 unspecified atom stereocenters. The Bertz CT molecular complexity index is 251. The van der Waals surface area contributed by atoms with Gasteiger partial charge in [0.05, 0.1) is 7.11 Å². The minimum absolute atomic E-state index is 0.133. The summed E-state index contributed by atoms with van der Waals surface area (Å²) in [5.74, 6) is -0.133. The van der Waals surface area contributed by atoms with Crippen LogP contribution in [0.2, 0.25) is 0 Å². The second-order valence-electron chi connectivity index (χ2n) is 5.80. The summed E-state index contributed by atoms with van der Waals surface area (Å²) in [5.41, 5.74) is 0. The van der Waals surface area contributed by atoms with E-state index in [2.05, 4.69) is 24.1 Å². The molecule has 1 heterocycles. The predicted molar refractivity (Wildman–Crippen MR) is 78.2 cm³/mol. The third kappa shape index (κ3) is 6.92. The third-order valence-electron chi connectivity index (χ3n) is 3.69. The van der Waals surface area contributed by atoms with E-state index in [0.29, 0.717) is 6.04 Å². The summed E-state index contributed by atoms with van der Waals surface area (Å²) < 4.78 is 4.85. The van der Waals surface area contributed by atoms with Crippen molar-refractivity contribution in [1.82, 2.24) is 10.2 Å². The molecule has 0 radical (unpaired) electrons. The molecule has 1 aliphatic heterocycles. The van der Waals surface area contributed by atoms with Crippen LogP contribution in [0.1, 0.15) is 52.4 Å². The first kappa shape index (κ1) is 16.4. The molecule has 1 aliphatic rings. The molecule has 0 saturated carbocycles. The fourth-order valence-electron chi connectivity index (χ4n) is 2.68. The van der Waals surface area contributed by atoms with Gasteiger partial charge in [0.15, 0.2) is 0 Å². The predicted octanol–water partition coefficient (Wildman–Crippen LogP) is 2.18. The molecule has 4 heteroatoms. The number of carbonyl (C=O) groups excluding carboxylic acids is 1. The van der Waals surface area contributed by atoms with E-state index in [1.807, 2.05) is 0 Å². The average molecular weight is 270 g/mol. The zero-order chi connectivity index (χ0) is 14.1. The first-order valence-electron chi connectivity index (χ1n) is 7.69. The number of methoxy groups -OCH3 is 1. The maximum atomic E-state index is 11.6. The second kappa shape index (κ2) is 9.32. The van der Waals surface area contributed by atoms with Crippen LogP contribution >= 0.6 is 0 Å². The Kier molecular flexibility index (Phi) is 8.07. The molecule has 1 N–H and O–H groups in total. The molecule has 1 saturated heterocycles. The van der Waals surface area contributed by atoms with Gasteiger partial charge in [-0.2, -0.15) is 0 Å². The van der Waals surface area contributed by atoms with Crippen LogP contribution < -0.4 is 5.32 Å². The van der Waals surface area contributed by atoms with Crippen LogP contribution in [0.4, 0.5) is 0 Å². The van der Waals surface area contributed by atoms with Crippen molar-refractivity contribution in [2.75, 3.05) is 26.7 Å². The molecule has 0 spiro atoms. The standard InChI is InChI=1S/C15H30N2O2/c1-13(2)16-14(15(18)19-3)9-5-8-12-17-10-6-4-7-11-17/h13-14,16H,4-12H2,1-3H3. The number of rotatable bonds is 8. The van der Waals surface area contributed by atoms with Gasteiger partial charge in [-0.1, -0.05) is 26.7 Å². The molecule has 0 aromatic carbocycles. The first-order valence-corrected chi connectivity index (χ1v) is 7.69. The van der Waals surface area contributed by atoms with Crippen LogP contribution in [0, 0.1) is 0 Å². The molecule has 19 heavy (non-hydrogen) atoms. The maximum absolute atomic E-state index is 11.6. The number of nitrogens with one attached hydrogen (secondary N) is 1. The molecule has 4 nitrogen and oxygen atoms in total. The van der Waals surface area contributed by atoms with E-state index in [0.717, 1.165) is 12.8 Å². The lowest BCUT2D eigenvalue weighted by molar-refractivity contribution is -0.143. The maximum Gasteiger partial charge on any atom is 0.322 e. The fraction of sp³-hybridized carbons (Fsp3) is 0.933. The molecule has 0 aromatic rings. The van der Waals surface area contributed by atoms with Gasteiger partial charge in [0.2, 0.25) is 0 Å². The number of esters is 1. The number of piperidine rings is 1. The normalized spacial score (nSPS) is 18.5. The van der Waals surface area contributed by atoms with E-state index >= 15 is 0 Å². The molecule has 0 bridgehead atoms. The lowest BCUT2D eigenvalue weighted by Crippen LogP contribution is -2.41. The largest absolute Gasteiger partial charge is 0.468 e. The third-order valence-corrected chi connectivity index (χ3v) is 3.69. The van der Waals surface area contributed by atoms with E-state index in [4.69, 9.17) is 4.74 Å². The van der Waals surface area contributed by atoms with Crippen LogP contribution in [0.15, 0.2) is 0 Å². The second-order valence-corrected chi connectivity index (χ2v) is 5.80. The summed E-state index contributed by atoms with van der Waals surface area (Å²) in [6, 6.07) is 0.164. The number of unbranched alkanes of at least 4 members (excludes halogenated alkanes) is 1. The van der Waals surface area contributed by atoms with Crippen molar-refractivity contribution < 1.29 is 9.53 Å². The van der Waals surface area contributed by atoms with Crippen LogP contribution in [0.5, 0.6) is 0 Å². The average Bonchev–Trinajstić information content (AvgIpc) is 2.42.